The molecule has 154 valence electrons. The van der Waals surface area contributed by atoms with E-state index >= 15 is 0 Å². The Bertz CT molecular complexity index is 679. The maximum atomic E-state index is 12.7. The molecule has 0 radical (unpaired) electrons. The maximum absolute atomic E-state index is 12.7. The summed E-state index contributed by atoms with van der Waals surface area (Å²) in [7, 11) is 0. The molecule has 0 unspecified atom stereocenters. The van der Waals surface area contributed by atoms with Gasteiger partial charge in [0.2, 0.25) is 17.7 Å². The maximum Gasteiger partial charge on any atom is 0.243 e. The summed E-state index contributed by atoms with van der Waals surface area (Å²) in [6.45, 7) is 10.5. The first kappa shape index (κ1) is 21.9. The number of likely N-dealkylation sites (tertiary alicyclic amines) is 1. The largest absolute Gasteiger partial charge is 0.333 e. The fraction of sp³-hybridized carbons (Fsp3) is 0.571. The van der Waals surface area contributed by atoms with Gasteiger partial charge in [-0.1, -0.05) is 13.8 Å². The first-order valence-corrected chi connectivity index (χ1v) is 9.94. The molecule has 1 aromatic carbocycles. The first-order chi connectivity index (χ1) is 13.3. The Labute approximate surface area is 167 Å². The summed E-state index contributed by atoms with van der Waals surface area (Å²) >= 11 is 0. The average molecular weight is 389 g/mol. The van der Waals surface area contributed by atoms with Crippen LogP contribution < -0.4 is 10.6 Å². The van der Waals surface area contributed by atoms with Crippen LogP contribution in [0.5, 0.6) is 0 Å². The lowest BCUT2D eigenvalue weighted by molar-refractivity contribution is -0.136. The summed E-state index contributed by atoms with van der Waals surface area (Å²) in [4.78, 5) is 39.8. The van der Waals surface area contributed by atoms with E-state index in [0.717, 1.165) is 13.1 Å². The number of nitrogens with one attached hydrogen (secondary N) is 2. The van der Waals surface area contributed by atoms with Gasteiger partial charge in [0, 0.05) is 37.9 Å². The SMILES string of the molecule is CCN(CC(=O)Nc1ccc(NC(C)=O)cc1)C(=O)CN1C[C@H](C)C[C@H](C)C1. The number of anilines is 2. The summed E-state index contributed by atoms with van der Waals surface area (Å²) < 4.78 is 0. The molecule has 0 saturated carbocycles. The lowest BCUT2D eigenvalue weighted by Gasteiger charge is -2.35. The molecule has 28 heavy (non-hydrogen) atoms. The van der Waals surface area contributed by atoms with Crippen molar-refractivity contribution in [2.24, 2.45) is 11.8 Å². The van der Waals surface area contributed by atoms with Crippen LogP contribution >= 0.6 is 0 Å². The number of rotatable bonds is 7. The second-order valence-corrected chi connectivity index (χ2v) is 7.85. The summed E-state index contributed by atoms with van der Waals surface area (Å²) in [6, 6.07) is 6.88. The number of nitrogens with zero attached hydrogens (tertiary/aromatic N) is 2. The number of hydrogen-bond donors (Lipinski definition) is 2. The van der Waals surface area contributed by atoms with Crippen LogP contribution in [-0.2, 0) is 14.4 Å². The van der Waals surface area contributed by atoms with Crippen LogP contribution in [0.4, 0.5) is 11.4 Å². The zero-order valence-corrected chi connectivity index (χ0v) is 17.3. The van der Waals surface area contributed by atoms with Crippen molar-refractivity contribution in [2.45, 2.75) is 34.1 Å². The van der Waals surface area contributed by atoms with Crippen molar-refractivity contribution in [3.05, 3.63) is 24.3 Å². The van der Waals surface area contributed by atoms with Crippen molar-refractivity contribution in [3.63, 3.8) is 0 Å². The van der Waals surface area contributed by atoms with Gasteiger partial charge in [0.05, 0.1) is 13.1 Å². The van der Waals surface area contributed by atoms with Crippen LogP contribution in [0.25, 0.3) is 0 Å². The van der Waals surface area contributed by atoms with Gasteiger partial charge < -0.3 is 15.5 Å². The summed E-state index contributed by atoms with van der Waals surface area (Å²) in [5, 5.41) is 5.48. The standard InChI is InChI=1S/C21H32N4O3/c1-5-25(21(28)14-24-11-15(2)10-16(3)12-24)13-20(27)23-19-8-6-18(7-9-19)22-17(4)26/h6-9,15-16H,5,10-14H2,1-4H3,(H,22,26)(H,23,27)/t15-,16+. The van der Waals surface area contributed by atoms with Gasteiger partial charge in [0.15, 0.2) is 0 Å². The van der Waals surface area contributed by atoms with E-state index in [2.05, 4.69) is 29.4 Å². The number of carbonyl (C=O) groups is 3. The van der Waals surface area contributed by atoms with E-state index < -0.39 is 0 Å². The first-order valence-electron chi connectivity index (χ1n) is 9.94. The fourth-order valence-corrected chi connectivity index (χ4v) is 3.80. The Morgan fingerprint density at radius 3 is 2.07 bits per heavy atom. The molecule has 1 aliphatic heterocycles. The average Bonchev–Trinajstić information content (AvgIpc) is 2.60. The van der Waals surface area contributed by atoms with E-state index in [1.807, 2.05) is 6.92 Å². The zero-order chi connectivity index (χ0) is 20.7. The molecule has 7 nitrogen and oxygen atoms in total. The minimum atomic E-state index is -0.233. The Kier molecular flexibility index (Phi) is 7.99. The molecule has 1 aliphatic rings. The lowest BCUT2D eigenvalue weighted by atomic mass is 9.92. The number of carbonyl (C=O) groups excluding carboxylic acids is 3. The molecule has 2 atom stereocenters. The van der Waals surface area contributed by atoms with Gasteiger partial charge in [0.1, 0.15) is 0 Å². The number of benzene rings is 1. The van der Waals surface area contributed by atoms with E-state index in [0.29, 0.717) is 36.3 Å². The van der Waals surface area contributed by atoms with Crippen molar-refractivity contribution in [1.29, 1.82) is 0 Å². The van der Waals surface area contributed by atoms with E-state index in [9.17, 15) is 14.4 Å². The Morgan fingerprint density at radius 1 is 1.04 bits per heavy atom. The van der Waals surface area contributed by atoms with Gasteiger partial charge in [-0.05, 0) is 49.4 Å². The summed E-state index contributed by atoms with van der Waals surface area (Å²) in [6.07, 6.45) is 1.20. The molecule has 1 fully saturated rings. The Morgan fingerprint density at radius 2 is 1.57 bits per heavy atom. The second-order valence-electron chi connectivity index (χ2n) is 7.85. The molecule has 0 bridgehead atoms. The molecule has 7 heteroatoms. The van der Waals surface area contributed by atoms with E-state index in [1.165, 1.54) is 13.3 Å². The lowest BCUT2D eigenvalue weighted by Crippen LogP contribution is -2.47. The molecule has 2 N–H and O–H groups in total. The molecule has 1 aromatic rings. The summed E-state index contributed by atoms with van der Waals surface area (Å²) in [5.41, 5.74) is 1.29. The molecular weight excluding hydrogens is 356 g/mol. The quantitative estimate of drug-likeness (QED) is 0.752. The van der Waals surface area contributed by atoms with Gasteiger partial charge in [-0.25, -0.2) is 0 Å². The van der Waals surface area contributed by atoms with E-state index in [1.54, 1.807) is 29.2 Å². The van der Waals surface area contributed by atoms with Crippen molar-refractivity contribution < 1.29 is 14.4 Å². The molecule has 0 spiro atoms. The minimum Gasteiger partial charge on any atom is -0.333 e. The van der Waals surface area contributed by atoms with Gasteiger partial charge in [0.25, 0.3) is 0 Å². The van der Waals surface area contributed by atoms with Crippen LogP contribution in [0.15, 0.2) is 24.3 Å². The topological polar surface area (TPSA) is 81.8 Å². The van der Waals surface area contributed by atoms with Gasteiger partial charge in [-0.3, -0.25) is 19.3 Å². The monoisotopic (exact) mass is 388 g/mol. The highest BCUT2D eigenvalue weighted by atomic mass is 16.2. The van der Waals surface area contributed by atoms with Gasteiger partial charge >= 0.3 is 0 Å². The van der Waals surface area contributed by atoms with Crippen LogP contribution in [0.2, 0.25) is 0 Å². The molecule has 1 saturated heterocycles. The Balaban J connectivity index is 1.86. The smallest absolute Gasteiger partial charge is 0.243 e. The van der Waals surface area contributed by atoms with Gasteiger partial charge in [-0.2, -0.15) is 0 Å². The fourth-order valence-electron chi connectivity index (χ4n) is 3.80. The third kappa shape index (κ3) is 6.96. The molecule has 1 heterocycles. The van der Waals surface area contributed by atoms with Crippen molar-refractivity contribution in [1.82, 2.24) is 9.80 Å². The third-order valence-electron chi connectivity index (χ3n) is 4.86. The molecule has 0 aromatic heterocycles. The van der Waals surface area contributed by atoms with E-state index in [-0.39, 0.29) is 24.3 Å². The molecular formula is C21H32N4O3. The number of piperidine rings is 1. The number of hydrogen-bond acceptors (Lipinski definition) is 4. The highest BCUT2D eigenvalue weighted by Gasteiger charge is 2.25. The highest BCUT2D eigenvalue weighted by molar-refractivity contribution is 5.95. The number of likely N-dealkylation sites (N-methyl/N-ethyl adjacent to an activating group) is 1. The van der Waals surface area contributed by atoms with Crippen molar-refractivity contribution in [3.8, 4) is 0 Å². The van der Waals surface area contributed by atoms with Crippen LogP contribution in [0, 0.1) is 11.8 Å². The van der Waals surface area contributed by atoms with Crippen molar-refractivity contribution in [2.75, 3.05) is 43.4 Å². The van der Waals surface area contributed by atoms with Crippen molar-refractivity contribution >= 4 is 29.1 Å². The van der Waals surface area contributed by atoms with Crippen LogP contribution in [0.3, 0.4) is 0 Å². The third-order valence-corrected chi connectivity index (χ3v) is 4.86. The second kappa shape index (κ2) is 10.2. The van der Waals surface area contributed by atoms with Crippen LogP contribution in [-0.4, -0.2) is 60.2 Å². The van der Waals surface area contributed by atoms with Gasteiger partial charge in [-0.15, -0.1) is 0 Å². The zero-order valence-electron chi connectivity index (χ0n) is 17.3. The van der Waals surface area contributed by atoms with E-state index in [4.69, 9.17) is 0 Å². The Hall–Kier alpha value is -2.41. The molecule has 2 rings (SSSR count). The van der Waals surface area contributed by atoms with Crippen LogP contribution in [0.1, 0.15) is 34.1 Å². The molecule has 0 aliphatic carbocycles. The highest BCUT2D eigenvalue weighted by Crippen LogP contribution is 2.20. The predicted octanol–water partition coefficient (Wildman–Crippen LogP) is 2.41. The minimum absolute atomic E-state index is 0.0139. The predicted molar refractivity (Wildman–Crippen MR) is 111 cm³/mol. The normalized spacial score (nSPS) is 19.7. The summed E-state index contributed by atoms with van der Waals surface area (Å²) in [5.74, 6) is 0.792. The molecule has 3 amide bonds. The number of amides is 3.